The molecule has 0 bridgehead atoms. The highest BCUT2D eigenvalue weighted by molar-refractivity contribution is 5.99. The summed E-state index contributed by atoms with van der Waals surface area (Å²) in [5, 5.41) is 17.8. The van der Waals surface area contributed by atoms with Crippen LogP contribution in [0.2, 0.25) is 0 Å². The molecule has 11 heteroatoms. The molecule has 0 saturated carbocycles. The number of nitrogens with two attached hydrogens (primary N) is 1. The van der Waals surface area contributed by atoms with Crippen LogP contribution in [0, 0.1) is 21.7 Å². The Kier molecular flexibility index (Phi) is 5.36. The number of halogens is 2. The van der Waals surface area contributed by atoms with Gasteiger partial charge in [-0.3, -0.25) is 9.59 Å². The lowest BCUT2D eigenvalue weighted by Crippen LogP contribution is -2.15. The highest BCUT2D eigenvalue weighted by Crippen LogP contribution is 2.32. The van der Waals surface area contributed by atoms with Crippen molar-refractivity contribution >= 4 is 23.3 Å². The van der Waals surface area contributed by atoms with Crippen molar-refractivity contribution in [2.24, 2.45) is 5.73 Å². The molecule has 0 aliphatic heterocycles. The lowest BCUT2D eigenvalue weighted by Gasteiger charge is -2.04. The van der Waals surface area contributed by atoms with Crippen molar-refractivity contribution in [3.05, 3.63) is 82.6 Å². The highest BCUT2D eigenvalue weighted by atomic mass is 19.1. The van der Waals surface area contributed by atoms with E-state index < -0.39 is 39.8 Å². The second-order valence-corrected chi connectivity index (χ2v) is 5.99. The molecule has 0 unspecified atom stereocenters. The maximum Gasteiger partial charge on any atom is 0.398 e. The van der Waals surface area contributed by atoms with Crippen molar-refractivity contribution in [2.45, 2.75) is 0 Å². The van der Waals surface area contributed by atoms with Gasteiger partial charge in [0.2, 0.25) is 5.91 Å². The number of nitrogens with one attached hydrogen (secondary N) is 1. The summed E-state index contributed by atoms with van der Waals surface area (Å²) in [4.78, 5) is 33.2. The van der Waals surface area contributed by atoms with Crippen molar-refractivity contribution in [2.75, 3.05) is 5.32 Å². The predicted octanol–water partition coefficient (Wildman–Crippen LogP) is 2.95. The van der Waals surface area contributed by atoms with Gasteiger partial charge in [0.05, 0.1) is 17.0 Å². The summed E-state index contributed by atoms with van der Waals surface area (Å²) in [5.41, 5.74) is 4.32. The standard InChI is InChI=1S/C19H13F2N5O4/c1-2-16(27)23-11-4-3-5-12(8-11)25-9-13(19(24-25)26(29)30)10-6-14(20)17(18(22)28)15(21)7-10/h2-9H,1H2,(H2,22,28)(H,23,27). The number of nitro groups is 1. The predicted molar refractivity (Wildman–Crippen MR) is 103 cm³/mol. The SMILES string of the molecule is C=CC(=O)Nc1cccc(-n2cc(-c3cc(F)c(C(N)=O)c(F)c3)c([N+](=O)[O-])n2)c1. The van der Waals surface area contributed by atoms with Crippen LogP contribution in [-0.4, -0.2) is 26.5 Å². The minimum absolute atomic E-state index is 0.186. The first kappa shape index (κ1) is 20.3. The number of carbonyl (C=O) groups excluding carboxylic acids is 2. The average Bonchev–Trinajstić information content (AvgIpc) is 3.13. The number of rotatable bonds is 6. The summed E-state index contributed by atoms with van der Waals surface area (Å²) in [6.07, 6.45) is 2.27. The molecule has 1 heterocycles. The molecular formula is C19H13F2N5O4. The van der Waals surface area contributed by atoms with E-state index in [0.717, 1.165) is 22.9 Å². The maximum atomic E-state index is 14.1. The summed E-state index contributed by atoms with van der Waals surface area (Å²) >= 11 is 0. The number of amides is 2. The molecule has 3 N–H and O–H groups in total. The quantitative estimate of drug-likeness (QED) is 0.364. The summed E-state index contributed by atoms with van der Waals surface area (Å²) in [6.45, 7) is 3.34. The van der Waals surface area contributed by atoms with Crippen LogP contribution >= 0.6 is 0 Å². The minimum Gasteiger partial charge on any atom is -0.365 e. The van der Waals surface area contributed by atoms with Gasteiger partial charge in [0, 0.05) is 5.69 Å². The first-order valence-electron chi connectivity index (χ1n) is 8.28. The summed E-state index contributed by atoms with van der Waals surface area (Å²) in [6, 6.07) is 7.72. The Balaban J connectivity index is 2.11. The largest absolute Gasteiger partial charge is 0.398 e. The molecule has 3 aromatic rings. The molecule has 0 radical (unpaired) electrons. The number of nitrogens with zero attached hydrogens (tertiary/aromatic N) is 3. The van der Waals surface area contributed by atoms with Gasteiger partial charge in [-0.2, -0.15) is 0 Å². The zero-order valence-corrected chi connectivity index (χ0v) is 15.1. The van der Waals surface area contributed by atoms with Crippen LogP contribution in [0.1, 0.15) is 10.4 Å². The van der Waals surface area contributed by atoms with Gasteiger partial charge in [-0.25, -0.2) is 8.78 Å². The van der Waals surface area contributed by atoms with Crippen LogP contribution in [0.4, 0.5) is 20.3 Å². The monoisotopic (exact) mass is 413 g/mol. The van der Waals surface area contributed by atoms with E-state index in [0.29, 0.717) is 11.4 Å². The Bertz CT molecular complexity index is 1180. The van der Waals surface area contributed by atoms with E-state index in [9.17, 15) is 28.5 Å². The molecule has 0 spiro atoms. The fourth-order valence-corrected chi connectivity index (χ4v) is 2.72. The molecule has 0 atom stereocenters. The third kappa shape index (κ3) is 3.90. The van der Waals surface area contributed by atoms with Gasteiger partial charge in [0.1, 0.15) is 22.8 Å². The van der Waals surface area contributed by atoms with E-state index in [1.807, 2.05) is 0 Å². The molecule has 0 aliphatic carbocycles. The van der Waals surface area contributed by atoms with Gasteiger partial charge in [0.25, 0.3) is 5.91 Å². The van der Waals surface area contributed by atoms with Gasteiger partial charge in [0.15, 0.2) is 0 Å². The van der Waals surface area contributed by atoms with Gasteiger partial charge >= 0.3 is 5.82 Å². The topological polar surface area (TPSA) is 133 Å². The van der Waals surface area contributed by atoms with Crippen LogP contribution in [0.25, 0.3) is 16.8 Å². The number of primary amides is 1. The second-order valence-electron chi connectivity index (χ2n) is 5.99. The van der Waals surface area contributed by atoms with Crippen LogP contribution in [0.5, 0.6) is 0 Å². The smallest absolute Gasteiger partial charge is 0.365 e. The minimum atomic E-state index is -1.31. The van der Waals surface area contributed by atoms with Crippen LogP contribution in [0.3, 0.4) is 0 Å². The lowest BCUT2D eigenvalue weighted by molar-refractivity contribution is -0.389. The van der Waals surface area contributed by atoms with Gasteiger partial charge < -0.3 is 21.2 Å². The van der Waals surface area contributed by atoms with Crippen molar-refractivity contribution in [1.82, 2.24) is 9.78 Å². The molecule has 30 heavy (non-hydrogen) atoms. The molecule has 0 saturated heterocycles. The van der Waals surface area contributed by atoms with Crippen LogP contribution in [-0.2, 0) is 4.79 Å². The first-order valence-corrected chi connectivity index (χ1v) is 8.28. The number of benzene rings is 2. The van der Waals surface area contributed by atoms with E-state index in [1.165, 1.54) is 12.3 Å². The molecular weight excluding hydrogens is 400 g/mol. The first-order chi connectivity index (χ1) is 14.2. The third-order valence-electron chi connectivity index (χ3n) is 4.03. The van der Waals surface area contributed by atoms with Crippen molar-refractivity contribution in [1.29, 1.82) is 0 Å². The van der Waals surface area contributed by atoms with Gasteiger partial charge in [-0.1, -0.05) is 12.6 Å². The summed E-state index contributed by atoms with van der Waals surface area (Å²) in [7, 11) is 0. The van der Waals surface area contributed by atoms with Crippen molar-refractivity contribution < 1.29 is 23.3 Å². The number of hydrogen-bond donors (Lipinski definition) is 2. The highest BCUT2D eigenvalue weighted by Gasteiger charge is 2.26. The Morgan fingerprint density at radius 1 is 1.23 bits per heavy atom. The molecule has 0 fully saturated rings. The number of carbonyl (C=O) groups is 2. The fraction of sp³-hybridized carbons (Fsp3) is 0. The normalized spacial score (nSPS) is 10.5. The molecule has 3 rings (SSSR count). The lowest BCUT2D eigenvalue weighted by atomic mass is 10.0. The Labute approximate surface area is 167 Å². The van der Waals surface area contributed by atoms with Crippen LogP contribution in [0.15, 0.2) is 55.3 Å². The Hall–Kier alpha value is -4.41. The summed E-state index contributed by atoms with van der Waals surface area (Å²) < 4.78 is 29.4. The summed E-state index contributed by atoms with van der Waals surface area (Å²) in [5.74, 6) is -4.94. The number of aromatic nitrogens is 2. The number of hydrogen-bond acceptors (Lipinski definition) is 5. The fourth-order valence-electron chi connectivity index (χ4n) is 2.72. The zero-order chi connectivity index (χ0) is 22.0. The number of anilines is 1. The third-order valence-corrected chi connectivity index (χ3v) is 4.03. The average molecular weight is 413 g/mol. The zero-order valence-electron chi connectivity index (χ0n) is 15.1. The van der Waals surface area contributed by atoms with E-state index >= 15 is 0 Å². The van der Waals surface area contributed by atoms with E-state index in [1.54, 1.807) is 18.2 Å². The van der Waals surface area contributed by atoms with Crippen molar-refractivity contribution in [3.8, 4) is 16.8 Å². The molecule has 0 aliphatic rings. The molecule has 2 amide bonds. The maximum absolute atomic E-state index is 14.1. The second kappa shape index (κ2) is 7.91. The van der Waals surface area contributed by atoms with Gasteiger partial charge in [-0.05, 0) is 46.9 Å². The van der Waals surface area contributed by atoms with Crippen molar-refractivity contribution in [3.63, 3.8) is 0 Å². The Morgan fingerprint density at radius 2 is 1.90 bits per heavy atom. The molecule has 2 aromatic carbocycles. The van der Waals surface area contributed by atoms with Crippen LogP contribution < -0.4 is 11.1 Å². The van der Waals surface area contributed by atoms with E-state index in [2.05, 4.69) is 17.0 Å². The molecule has 1 aromatic heterocycles. The van der Waals surface area contributed by atoms with E-state index in [4.69, 9.17) is 5.73 Å². The van der Waals surface area contributed by atoms with Gasteiger partial charge in [-0.15, -0.1) is 4.68 Å². The molecule has 9 nitrogen and oxygen atoms in total. The Morgan fingerprint density at radius 3 is 2.47 bits per heavy atom. The molecule has 152 valence electrons. The van der Waals surface area contributed by atoms with E-state index in [-0.39, 0.29) is 11.1 Å².